The lowest BCUT2D eigenvalue weighted by atomic mass is 9.33. The lowest BCUT2D eigenvalue weighted by molar-refractivity contribution is 1.24. The number of benzene rings is 8. The minimum absolute atomic E-state index is 0.0153. The van der Waals surface area contributed by atoms with E-state index in [-0.39, 0.29) is 6.71 Å². The molecule has 9 aromatic rings. The van der Waals surface area contributed by atoms with E-state index >= 15 is 0 Å². The smallest absolute Gasteiger partial charge is 0.252 e. The molecule has 0 N–H and O–H groups in total. The molecule has 4 nitrogen and oxygen atoms in total. The maximum Gasteiger partial charge on any atom is 0.252 e. The molecule has 272 valence electrons. The van der Waals surface area contributed by atoms with E-state index in [1.165, 1.54) is 50.3 Å². The Hall–Kier alpha value is -7.63. The zero-order chi connectivity index (χ0) is 38.4. The van der Waals surface area contributed by atoms with E-state index in [9.17, 15) is 0 Å². The van der Waals surface area contributed by atoms with Crippen LogP contribution in [0.4, 0.5) is 51.2 Å². The van der Waals surface area contributed by atoms with Crippen molar-refractivity contribution in [2.75, 3.05) is 14.7 Å². The summed E-state index contributed by atoms with van der Waals surface area (Å²) < 4.78 is 0. The second-order valence-electron chi connectivity index (χ2n) is 14.8. The summed E-state index contributed by atoms with van der Waals surface area (Å²) in [6, 6.07) is 76.9. The Morgan fingerprint density at radius 2 is 0.862 bits per heavy atom. The molecule has 2 aliphatic rings. The molecule has 0 amide bonds. The second kappa shape index (κ2) is 14.1. The molecule has 3 heterocycles. The van der Waals surface area contributed by atoms with Crippen LogP contribution in [0, 0.1) is 0 Å². The molecule has 0 saturated carbocycles. The topological polar surface area (TPSA) is 22.6 Å². The van der Waals surface area contributed by atoms with Gasteiger partial charge in [0.25, 0.3) is 6.71 Å². The molecule has 0 saturated heterocycles. The van der Waals surface area contributed by atoms with Gasteiger partial charge in [-0.1, -0.05) is 115 Å². The Labute approximate surface area is 339 Å². The highest BCUT2D eigenvalue weighted by Gasteiger charge is 2.43. The van der Waals surface area contributed by atoms with E-state index < -0.39 is 0 Å². The number of rotatable bonds is 7. The van der Waals surface area contributed by atoms with Crippen LogP contribution >= 0.6 is 0 Å². The molecule has 0 spiro atoms. The molecule has 5 heteroatoms. The predicted octanol–water partition coefficient (Wildman–Crippen LogP) is 12.0. The van der Waals surface area contributed by atoms with Gasteiger partial charge < -0.3 is 14.7 Å². The number of para-hydroxylation sites is 4. The van der Waals surface area contributed by atoms with Crippen LogP contribution in [-0.2, 0) is 0 Å². The summed E-state index contributed by atoms with van der Waals surface area (Å²) in [7, 11) is 0. The van der Waals surface area contributed by atoms with E-state index in [1.807, 2.05) is 12.4 Å². The van der Waals surface area contributed by atoms with Crippen LogP contribution < -0.4 is 31.1 Å². The van der Waals surface area contributed by atoms with E-state index in [0.717, 1.165) is 39.6 Å². The van der Waals surface area contributed by atoms with Crippen LogP contribution in [-0.4, -0.2) is 11.7 Å². The molecular formula is C53H37BN4. The third-order valence-electron chi connectivity index (χ3n) is 11.5. The van der Waals surface area contributed by atoms with Gasteiger partial charge in [-0.2, -0.15) is 0 Å². The minimum Gasteiger partial charge on any atom is -0.311 e. The van der Waals surface area contributed by atoms with Crippen LogP contribution in [0.5, 0.6) is 0 Å². The first-order valence-electron chi connectivity index (χ1n) is 19.8. The predicted molar refractivity (Wildman–Crippen MR) is 244 cm³/mol. The second-order valence-corrected chi connectivity index (χ2v) is 14.8. The van der Waals surface area contributed by atoms with Gasteiger partial charge >= 0.3 is 0 Å². The Kier molecular flexibility index (Phi) is 8.22. The van der Waals surface area contributed by atoms with Gasteiger partial charge in [0.1, 0.15) is 0 Å². The van der Waals surface area contributed by atoms with Crippen LogP contribution in [0.25, 0.3) is 22.3 Å². The summed E-state index contributed by atoms with van der Waals surface area (Å²) in [6.07, 6.45) is 3.75. The molecule has 8 aromatic carbocycles. The number of hydrogen-bond donors (Lipinski definition) is 0. The third kappa shape index (κ3) is 5.67. The van der Waals surface area contributed by atoms with Crippen molar-refractivity contribution in [1.82, 2.24) is 4.98 Å². The molecule has 0 unspecified atom stereocenters. The van der Waals surface area contributed by atoms with Gasteiger partial charge in [-0.15, -0.1) is 0 Å². The van der Waals surface area contributed by atoms with E-state index in [4.69, 9.17) is 0 Å². The van der Waals surface area contributed by atoms with E-state index in [0.29, 0.717) is 0 Å². The molecule has 0 fully saturated rings. The summed E-state index contributed by atoms with van der Waals surface area (Å²) in [5.41, 5.74) is 18.7. The van der Waals surface area contributed by atoms with Gasteiger partial charge in [0.05, 0.1) is 0 Å². The number of anilines is 9. The number of pyridine rings is 1. The fraction of sp³-hybridized carbons (Fsp3) is 0. The fourth-order valence-corrected chi connectivity index (χ4v) is 8.99. The Balaban J connectivity index is 1.15. The molecule has 11 rings (SSSR count). The summed E-state index contributed by atoms with van der Waals surface area (Å²) in [6.45, 7) is 0.0153. The average Bonchev–Trinajstić information content (AvgIpc) is 3.30. The molecule has 0 bridgehead atoms. The van der Waals surface area contributed by atoms with Crippen molar-refractivity contribution in [1.29, 1.82) is 0 Å². The average molecular weight is 741 g/mol. The molecule has 2 aliphatic heterocycles. The molecular weight excluding hydrogens is 703 g/mol. The Morgan fingerprint density at radius 3 is 1.52 bits per heavy atom. The van der Waals surface area contributed by atoms with Crippen LogP contribution in [0.2, 0.25) is 0 Å². The van der Waals surface area contributed by atoms with Crippen molar-refractivity contribution in [3.05, 3.63) is 225 Å². The van der Waals surface area contributed by atoms with E-state index in [2.05, 4.69) is 232 Å². The van der Waals surface area contributed by atoms with Crippen LogP contribution in [0.15, 0.2) is 225 Å². The number of nitrogens with zero attached hydrogens (tertiary/aromatic N) is 4. The van der Waals surface area contributed by atoms with Gasteiger partial charge in [-0.05, 0) is 136 Å². The summed E-state index contributed by atoms with van der Waals surface area (Å²) in [5, 5.41) is 0. The quantitative estimate of drug-likeness (QED) is 0.152. The summed E-state index contributed by atoms with van der Waals surface area (Å²) >= 11 is 0. The van der Waals surface area contributed by atoms with Crippen molar-refractivity contribution in [3.63, 3.8) is 0 Å². The zero-order valence-corrected chi connectivity index (χ0v) is 31.7. The van der Waals surface area contributed by atoms with Crippen molar-refractivity contribution in [3.8, 4) is 22.3 Å². The maximum atomic E-state index is 4.34. The zero-order valence-electron chi connectivity index (χ0n) is 31.7. The largest absolute Gasteiger partial charge is 0.311 e. The maximum absolute atomic E-state index is 4.34. The van der Waals surface area contributed by atoms with Crippen molar-refractivity contribution < 1.29 is 0 Å². The minimum atomic E-state index is 0.0153. The van der Waals surface area contributed by atoms with E-state index in [1.54, 1.807) is 0 Å². The van der Waals surface area contributed by atoms with Gasteiger partial charge in [0, 0.05) is 63.6 Å². The first-order valence-corrected chi connectivity index (χ1v) is 19.8. The highest BCUT2D eigenvalue weighted by Crippen LogP contribution is 2.46. The monoisotopic (exact) mass is 740 g/mol. The lowest BCUT2D eigenvalue weighted by Gasteiger charge is -2.44. The van der Waals surface area contributed by atoms with Crippen LogP contribution in [0.3, 0.4) is 0 Å². The highest BCUT2D eigenvalue weighted by molar-refractivity contribution is 7.00. The van der Waals surface area contributed by atoms with Gasteiger partial charge in [-0.3, -0.25) is 4.98 Å². The SMILES string of the molecule is c1ccc(-c2cc(-c3ccncc3)cc(N3c4ccccc4B4c5ccc(N(c6ccccc6)c6ccccc6)cc5N(c5ccccc5)c5cccc3c54)c2)cc1. The van der Waals surface area contributed by atoms with Crippen LogP contribution in [0.1, 0.15) is 0 Å². The molecule has 0 atom stereocenters. The van der Waals surface area contributed by atoms with Crippen molar-refractivity contribution >= 4 is 74.3 Å². The fourth-order valence-electron chi connectivity index (χ4n) is 8.99. The first kappa shape index (κ1) is 33.7. The normalized spacial score (nSPS) is 12.4. The first-order chi connectivity index (χ1) is 28.8. The molecule has 1 aromatic heterocycles. The summed E-state index contributed by atoms with van der Waals surface area (Å²) in [5.74, 6) is 0. The number of fused-ring (bicyclic) bond motifs is 4. The molecule has 0 radical (unpaired) electrons. The highest BCUT2D eigenvalue weighted by atomic mass is 15.2. The van der Waals surface area contributed by atoms with Crippen molar-refractivity contribution in [2.45, 2.75) is 0 Å². The van der Waals surface area contributed by atoms with Gasteiger partial charge in [0.15, 0.2) is 0 Å². The molecule has 0 aliphatic carbocycles. The Morgan fingerprint density at radius 1 is 0.345 bits per heavy atom. The lowest BCUT2D eigenvalue weighted by Crippen LogP contribution is -2.61. The standard InChI is InChI=1S/C53H37BN4/c1-5-16-38(17-6-1)40-34-41(39-30-32-55-33-31-39)36-46(35-40)58-49-25-14-13-24-47(49)54-48-29-28-45(56(42-18-7-2-8-19-42)43-20-9-3-10-21-43)37-52(48)57(44-22-11-4-12-23-44)50-26-15-27-51(58)53(50)54/h1-37H. The molecule has 58 heavy (non-hydrogen) atoms. The Bertz CT molecular complexity index is 2810. The number of aromatic nitrogens is 1. The van der Waals surface area contributed by atoms with Crippen molar-refractivity contribution in [2.24, 2.45) is 0 Å². The van der Waals surface area contributed by atoms with Gasteiger partial charge in [0.2, 0.25) is 0 Å². The number of hydrogen-bond acceptors (Lipinski definition) is 4. The van der Waals surface area contributed by atoms with Gasteiger partial charge in [-0.25, -0.2) is 0 Å². The summed E-state index contributed by atoms with van der Waals surface area (Å²) in [4.78, 5) is 11.6. The third-order valence-corrected chi connectivity index (χ3v) is 11.5.